The third kappa shape index (κ3) is 5.09. The Balaban J connectivity index is 1.92. The first-order valence-electron chi connectivity index (χ1n) is 10.0. The first kappa shape index (κ1) is 23.7. The van der Waals surface area contributed by atoms with Crippen LogP contribution in [0.1, 0.15) is 50.4 Å². The summed E-state index contributed by atoms with van der Waals surface area (Å²) in [5, 5.41) is 5.33. The largest absolute Gasteiger partial charge is 0.341 e. The van der Waals surface area contributed by atoms with Gasteiger partial charge >= 0.3 is 5.76 Å². The van der Waals surface area contributed by atoms with E-state index >= 15 is 0 Å². The number of nitrogens with one attached hydrogen (secondary N) is 2. The van der Waals surface area contributed by atoms with Gasteiger partial charge in [0, 0.05) is 31.3 Å². The number of anilines is 3. The number of ketones is 1. The molecule has 2 heterocycles. The van der Waals surface area contributed by atoms with E-state index in [1.54, 1.807) is 6.92 Å². The highest BCUT2D eigenvalue weighted by molar-refractivity contribution is 7.91. The van der Waals surface area contributed by atoms with Crippen molar-refractivity contribution in [1.82, 2.24) is 9.97 Å². The van der Waals surface area contributed by atoms with Crippen LogP contribution in [0.3, 0.4) is 0 Å². The Hall–Kier alpha value is -2.95. The lowest BCUT2D eigenvalue weighted by Crippen LogP contribution is -2.16. The third-order valence-electron chi connectivity index (χ3n) is 5.51. The summed E-state index contributed by atoms with van der Waals surface area (Å²) >= 11 is 0. The zero-order valence-corrected chi connectivity index (χ0v) is 18.7. The molecule has 0 radical (unpaired) electrons. The molecule has 1 aliphatic carbocycles. The van der Waals surface area contributed by atoms with Crippen LogP contribution in [-0.4, -0.2) is 35.8 Å². The first-order chi connectivity index (χ1) is 15.0. The third-order valence-corrected chi connectivity index (χ3v) is 6.92. The number of rotatable bonds is 9. The molecule has 1 aliphatic rings. The molecule has 1 saturated carbocycles. The number of hydrogen-bond acceptors (Lipinski definition) is 7. The van der Waals surface area contributed by atoms with Gasteiger partial charge in [0.15, 0.2) is 5.78 Å². The van der Waals surface area contributed by atoms with Crippen LogP contribution < -0.4 is 10.6 Å². The monoisotopic (exact) mass is 466 g/mol. The molecule has 2 aromatic heterocycles. The van der Waals surface area contributed by atoms with Crippen molar-refractivity contribution in [3.8, 4) is 0 Å². The van der Waals surface area contributed by atoms with Gasteiger partial charge in [-0.3, -0.25) is 9.59 Å². The Labute approximate surface area is 184 Å². The van der Waals surface area contributed by atoms with Gasteiger partial charge in [-0.05, 0) is 29.9 Å². The van der Waals surface area contributed by atoms with E-state index in [1.165, 1.54) is 24.5 Å². The number of nitrogens with zero attached hydrogens (tertiary/aromatic N) is 2. The number of amides is 1. The highest BCUT2D eigenvalue weighted by Gasteiger charge is 2.46. The molecule has 0 unspecified atom stereocenters. The van der Waals surface area contributed by atoms with Gasteiger partial charge in [0.1, 0.15) is 16.5 Å². The summed E-state index contributed by atoms with van der Waals surface area (Å²) in [7, 11) is -4.94. The van der Waals surface area contributed by atoms with Gasteiger partial charge in [-0.15, -0.1) is 0 Å². The van der Waals surface area contributed by atoms with Crippen LogP contribution >= 0.6 is 0 Å². The Morgan fingerprint density at radius 2 is 1.97 bits per heavy atom. The summed E-state index contributed by atoms with van der Waals surface area (Å²) in [6.45, 7) is 5.79. The first-order valence-corrected chi connectivity index (χ1v) is 11.6. The number of halogens is 2. The van der Waals surface area contributed by atoms with Crippen LogP contribution in [0.4, 0.5) is 26.1 Å². The van der Waals surface area contributed by atoms with Crippen molar-refractivity contribution in [2.45, 2.75) is 50.7 Å². The Morgan fingerprint density at radius 1 is 1.28 bits per heavy atom. The molecule has 172 valence electrons. The second-order valence-electron chi connectivity index (χ2n) is 8.31. The standard InChI is InChI=1S/C21H24F2N4O4S/c1-4-15(28)13-11-25-17(27-18(29)8-12-10-21(12,2)3)9-14(13)26-19-16(6-5-7-24-19)32(30,31)20(22)23/h5-7,9,11-12,20H,4,8,10H2,1-3H3,(H2,24,25,26,27,29)/t12-/m0/s1. The lowest BCUT2D eigenvalue weighted by molar-refractivity contribution is -0.116. The van der Waals surface area contributed by atoms with Gasteiger partial charge in [-0.25, -0.2) is 18.4 Å². The number of alkyl halides is 2. The van der Waals surface area contributed by atoms with E-state index in [2.05, 4.69) is 34.4 Å². The van der Waals surface area contributed by atoms with Crippen molar-refractivity contribution < 1.29 is 26.8 Å². The molecular weight excluding hydrogens is 442 g/mol. The lowest BCUT2D eigenvalue weighted by Gasteiger charge is -2.15. The average Bonchev–Trinajstić information content (AvgIpc) is 3.33. The van der Waals surface area contributed by atoms with Crippen LogP contribution in [0.5, 0.6) is 0 Å². The normalized spacial score (nSPS) is 17.1. The van der Waals surface area contributed by atoms with Crippen molar-refractivity contribution in [3.05, 3.63) is 36.2 Å². The van der Waals surface area contributed by atoms with Crippen molar-refractivity contribution in [3.63, 3.8) is 0 Å². The molecule has 0 aliphatic heterocycles. The highest BCUT2D eigenvalue weighted by Crippen LogP contribution is 2.53. The van der Waals surface area contributed by atoms with E-state index in [9.17, 15) is 26.8 Å². The van der Waals surface area contributed by atoms with Crippen LogP contribution in [0.2, 0.25) is 0 Å². The van der Waals surface area contributed by atoms with E-state index in [4.69, 9.17) is 0 Å². The second kappa shape index (κ2) is 8.89. The number of pyridine rings is 2. The summed E-state index contributed by atoms with van der Waals surface area (Å²) in [6.07, 6.45) is 3.88. The predicted molar refractivity (Wildman–Crippen MR) is 115 cm³/mol. The maximum atomic E-state index is 13.1. The van der Waals surface area contributed by atoms with E-state index in [0.717, 1.165) is 12.5 Å². The van der Waals surface area contributed by atoms with Gasteiger partial charge in [0.2, 0.25) is 15.7 Å². The Bertz CT molecular complexity index is 1150. The van der Waals surface area contributed by atoms with Crippen molar-refractivity contribution in [2.75, 3.05) is 10.6 Å². The van der Waals surface area contributed by atoms with Gasteiger partial charge in [0.05, 0.1) is 11.3 Å². The molecular formula is C21H24F2N4O4S. The summed E-state index contributed by atoms with van der Waals surface area (Å²) in [6, 6.07) is 3.57. The molecule has 1 amide bonds. The van der Waals surface area contributed by atoms with Gasteiger partial charge in [-0.2, -0.15) is 8.78 Å². The smallest absolute Gasteiger partial charge is 0.338 e. The van der Waals surface area contributed by atoms with Gasteiger partial charge < -0.3 is 10.6 Å². The molecule has 0 aromatic carbocycles. The van der Waals surface area contributed by atoms with Crippen LogP contribution in [0.15, 0.2) is 35.5 Å². The summed E-state index contributed by atoms with van der Waals surface area (Å²) in [5.74, 6) is -4.14. The van der Waals surface area contributed by atoms with E-state index in [1.807, 2.05) is 0 Å². The quantitative estimate of drug-likeness (QED) is 0.532. The number of carbonyl (C=O) groups is 2. The molecule has 32 heavy (non-hydrogen) atoms. The number of sulfone groups is 1. The van der Waals surface area contributed by atoms with Crippen molar-refractivity contribution >= 4 is 38.9 Å². The summed E-state index contributed by atoms with van der Waals surface area (Å²) in [5.41, 5.74) is 0.332. The maximum Gasteiger partial charge on any atom is 0.341 e. The maximum absolute atomic E-state index is 13.1. The Morgan fingerprint density at radius 3 is 2.56 bits per heavy atom. The highest BCUT2D eigenvalue weighted by atomic mass is 32.2. The van der Waals surface area contributed by atoms with Gasteiger partial charge in [0.25, 0.3) is 0 Å². The molecule has 0 spiro atoms. The zero-order chi connectivity index (χ0) is 23.7. The summed E-state index contributed by atoms with van der Waals surface area (Å²) in [4.78, 5) is 31.9. The van der Waals surface area contributed by atoms with E-state index in [-0.39, 0.29) is 52.3 Å². The molecule has 2 N–H and O–H groups in total. The minimum atomic E-state index is -4.94. The number of Topliss-reactive ketones (excluding diaryl/α,β-unsaturated/α-hetero) is 1. The molecule has 0 saturated heterocycles. The van der Waals surface area contributed by atoms with E-state index < -0.39 is 20.5 Å². The lowest BCUT2D eigenvalue weighted by atomic mass is 10.1. The van der Waals surface area contributed by atoms with Gasteiger partial charge in [-0.1, -0.05) is 20.8 Å². The molecule has 0 bridgehead atoms. The molecule has 1 atom stereocenters. The van der Waals surface area contributed by atoms with Crippen LogP contribution in [-0.2, 0) is 14.6 Å². The number of carbonyl (C=O) groups excluding carboxylic acids is 2. The molecule has 3 rings (SSSR count). The minimum Gasteiger partial charge on any atom is -0.338 e. The minimum absolute atomic E-state index is 0.0957. The zero-order valence-electron chi connectivity index (χ0n) is 17.9. The van der Waals surface area contributed by atoms with Crippen molar-refractivity contribution in [2.24, 2.45) is 11.3 Å². The van der Waals surface area contributed by atoms with E-state index in [0.29, 0.717) is 6.42 Å². The Kier molecular flexibility index (Phi) is 6.59. The molecule has 11 heteroatoms. The fourth-order valence-electron chi connectivity index (χ4n) is 3.32. The number of hydrogen-bond donors (Lipinski definition) is 2. The average molecular weight is 467 g/mol. The number of aromatic nitrogens is 2. The SMILES string of the molecule is CCC(=O)c1cnc(NC(=O)C[C@H]2CC2(C)C)cc1Nc1ncccc1S(=O)(=O)C(F)F. The molecule has 8 nitrogen and oxygen atoms in total. The summed E-state index contributed by atoms with van der Waals surface area (Å²) < 4.78 is 50.2. The molecule has 2 aromatic rings. The van der Waals surface area contributed by atoms with Crippen LogP contribution in [0.25, 0.3) is 0 Å². The molecule has 1 fully saturated rings. The fourth-order valence-corrected chi connectivity index (χ4v) is 4.15. The fraction of sp³-hybridized carbons (Fsp3) is 0.429. The van der Waals surface area contributed by atoms with Crippen LogP contribution in [0, 0.1) is 11.3 Å². The topological polar surface area (TPSA) is 118 Å². The van der Waals surface area contributed by atoms with Crippen molar-refractivity contribution in [1.29, 1.82) is 0 Å². The second-order valence-corrected chi connectivity index (χ2v) is 10.2. The predicted octanol–water partition coefficient (Wildman–Crippen LogP) is 4.18.